The summed E-state index contributed by atoms with van der Waals surface area (Å²) in [4.78, 5) is 16.6. The summed E-state index contributed by atoms with van der Waals surface area (Å²) in [5, 5.41) is 0.570. The molecule has 0 atom stereocenters. The number of hydrogen-bond donors (Lipinski definition) is 0. The number of carbonyl (C=O) groups excluding carboxylic acids is 1. The molecule has 0 N–H and O–H groups in total. The van der Waals surface area contributed by atoms with Crippen LogP contribution in [0, 0.1) is 0 Å². The number of halogens is 1. The molecule has 0 unspecified atom stereocenters. The van der Waals surface area contributed by atoms with Gasteiger partial charge in [-0.3, -0.25) is 9.79 Å². The summed E-state index contributed by atoms with van der Waals surface area (Å²) in [6.45, 7) is 0. The molecular formula is C15H10ClNO. The van der Waals surface area contributed by atoms with Crippen LogP contribution in [0.1, 0.15) is 22.3 Å². The summed E-state index contributed by atoms with van der Waals surface area (Å²) in [5.41, 5.74) is 3.12. The Morgan fingerprint density at radius 2 is 1.83 bits per heavy atom. The molecule has 1 aliphatic heterocycles. The Hall–Kier alpha value is -1.93. The summed E-state index contributed by atoms with van der Waals surface area (Å²) < 4.78 is 0. The zero-order valence-electron chi connectivity index (χ0n) is 9.56. The second-order valence-corrected chi connectivity index (χ2v) is 4.62. The fourth-order valence-electron chi connectivity index (χ4n) is 2.06. The van der Waals surface area contributed by atoms with Crippen LogP contribution in [0.15, 0.2) is 53.5 Å². The van der Waals surface area contributed by atoms with Crippen LogP contribution in [0.2, 0.25) is 5.02 Å². The third-order valence-corrected chi connectivity index (χ3v) is 3.18. The molecule has 0 radical (unpaired) electrons. The minimum absolute atomic E-state index is 0.0707. The van der Waals surface area contributed by atoms with Crippen LogP contribution >= 0.6 is 11.6 Å². The number of carbonyl (C=O) groups is 1. The van der Waals surface area contributed by atoms with Gasteiger partial charge in [0, 0.05) is 10.6 Å². The Kier molecular flexibility index (Phi) is 2.73. The van der Waals surface area contributed by atoms with Crippen LogP contribution in [-0.4, -0.2) is 11.5 Å². The lowest BCUT2D eigenvalue weighted by atomic mass is 9.96. The predicted molar refractivity (Wildman–Crippen MR) is 73.0 cm³/mol. The quantitative estimate of drug-likeness (QED) is 0.756. The topological polar surface area (TPSA) is 29.4 Å². The SMILES string of the molecule is O=C1CC(c2ccccc2)=Nc2ccc(Cl)cc21. The Morgan fingerprint density at radius 1 is 1.06 bits per heavy atom. The van der Waals surface area contributed by atoms with Gasteiger partial charge in [-0.05, 0) is 23.8 Å². The first-order chi connectivity index (χ1) is 8.74. The van der Waals surface area contributed by atoms with Gasteiger partial charge in [-0.2, -0.15) is 0 Å². The minimum Gasteiger partial charge on any atom is -0.294 e. The Bertz CT molecular complexity index is 647. The van der Waals surface area contributed by atoms with Crippen molar-refractivity contribution in [1.82, 2.24) is 0 Å². The molecule has 0 aromatic heterocycles. The molecule has 2 aromatic carbocycles. The van der Waals surface area contributed by atoms with E-state index >= 15 is 0 Å². The van der Waals surface area contributed by atoms with Crippen molar-refractivity contribution < 1.29 is 4.79 Å². The molecule has 1 heterocycles. The van der Waals surface area contributed by atoms with Gasteiger partial charge in [-0.15, -0.1) is 0 Å². The van der Waals surface area contributed by atoms with Crippen molar-refractivity contribution in [2.75, 3.05) is 0 Å². The van der Waals surface area contributed by atoms with E-state index in [1.54, 1.807) is 18.2 Å². The van der Waals surface area contributed by atoms with Gasteiger partial charge in [0.25, 0.3) is 0 Å². The molecule has 1 aliphatic rings. The number of fused-ring (bicyclic) bond motifs is 1. The van der Waals surface area contributed by atoms with Crippen molar-refractivity contribution >= 4 is 28.8 Å². The van der Waals surface area contributed by atoms with Crippen LogP contribution in [0.4, 0.5) is 5.69 Å². The Labute approximate surface area is 110 Å². The molecule has 2 nitrogen and oxygen atoms in total. The first-order valence-corrected chi connectivity index (χ1v) is 6.07. The van der Waals surface area contributed by atoms with Crippen molar-refractivity contribution in [3.05, 3.63) is 64.7 Å². The van der Waals surface area contributed by atoms with Crippen molar-refractivity contribution in [1.29, 1.82) is 0 Å². The van der Waals surface area contributed by atoms with Gasteiger partial charge in [0.2, 0.25) is 0 Å². The summed E-state index contributed by atoms with van der Waals surface area (Å²) in [6, 6.07) is 15.0. The van der Waals surface area contributed by atoms with E-state index in [-0.39, 0.29) is 5.78 Å². The molecule has 0 bridgehead atoms. The lowest BCUT2D eigenvalue weighted by molar-refractivity contribution is 0.1000. The van der Waals surface area contributed by atoms with Crippen molar-refractivity contribution in [2.24, 2.45) is 4.99 Å². The normalized spacial score (nSPS) is 14.1. The molecule has 0 spiro atoms. The van der Waals surface area contributed by atoms with Gasteiger partial charge in [-0.1, -0.05) is 41.9 Å². The maximum absolute atomic E-state index is 12.1. The fraction of sp³-hybridized carbons (Fsp3) is 0.0667. The minimum atomic E-state index is 0.0707. The largest absolute Gasteiger partial charge is 0.294 e. The van der Waals surface area contributed by atoms with E-state index in [1.807, 2.05) is 30.3 Å². The highest BCUT2D eigenvalue weighted by atomic mass is 35.5. The number of benzene rings is 2. The summed E-state index contributed by atoms with van der Waals surface area (Å²) in [5.74, 6) is 0.0707. The van der Waals surface area contributed by atoms with Gasteiger partial charge in [0.15, 0.2) is 5.78 Å². The van der Waals surface area contributed by atoms with Crippen molar-refractivity contribution in [3.8, 4) is 0 Å². The third-order valence-electron chi connectivity index (χ3n) is 2.95. The summed E-state index contributed by atoms with van der Waals surface area (Å²) in [6.07, 6.45) is 0.331. The monoisotopic (exact) mass is 255 g/mol. The maximum atomic E-state index is 12.1. The molecule has 88 valence electrons. The third kappa shape index (κ3) is 1.95. The van der Waals surface area contributed by atoms with Gasteiger partial charge in [-0.25, -0.2) is 0 Å². The van der Waals surface area contributed by atoms with Gasteiger partial charge < -0.3 is 0 Å². The number of Topliss-reactive ketones (excluding diaryl/α,β-unsaturated/α-hetero) is 1. The van der Waals surface area contributed by atoms with E-state index in [0.29, 0.717) is 22.7 Å². The zero-order valence-corrected chi connectivity index (χ0v) is 10.3. The van der Waals surface area contributed by atoms with Crippen molar-refractivity contribution in [2.45, 2.75) is 6.42 Å². The highest BCUT2D eigenvalue weighted by molar-refractivity contribution is 6.31. The number of nitrogens with zero attached hydrogens (tertiary/aromatic N) is 1. The van der Waals surface area contributed by atoms with Crippen LogP contribution < -0.4 is 0 Å². The maximum Gasteiger partial charge on any atom is 0.171 e. The fourth-order valence-corrected chi connectivity index (χ4v) is 2.23. The Balaban J connectivity index is 2.11. The summed E-state index contributed by atoms with van der Waals surface area (Å²) >= 11 is 5.89. The average molecular weight is 256 g/mol. The van der Waals surface area contributed by atoms with Gasteiger partial charge in [0.05, 0.1) is 17.8 Å². The molecule has 3 heteroatoms. The number of rotatable bonds is 1. The van der Waals surface area contributed by atoms with E-state index < -0.39 is 0 Å². The lowest BCUT2D eigenvalue weighted by Gasteiger charge is -2.14. The number of ketones is 1. The molecule has 0 saturated heterocycles. The summed E-state index contributed by atoms with van der Waals surface area (Å²) in [7, 11) is 0. The zero-order chi connectivity index (χ0) is 12.5. The van der Waals surface area contributed by atoms with Crippen LogP contribution in [0.25, 0.3) is 0 Å². The first-order valence-electron chi connectivity index (χ1n) is 5.70. The molecule has 2 aromatic rings. The van der Waals surface area contributed by atoms with E-state index in [1.165, 1.54) is 0 Å². The van der Waals surface area contributed by atoms with E-state index in [2.05, 4.69) is 4.99 Å². The molecule has 0 aliphatic carbocycles. The van der Waals surface area contributed by atoms with E-state index in [0.717, 1.165) is 11.3 Å². The van der Waals surface area contributed by atoms with Crippen LogP contribution in [-0.2, 0) is 0 Å². The van der Waals surface area contributed by atoms with Gasteiger partial charge in [0.1, 0.15) is 0 Å². The second kappa shape index (κ2) is 4.39. The van der Waals surface area contributed by atoms with Crippen LogP contribution in [0.5, 0.6) is 0 Å². The standard InChI is InChI=1S/C15H10ClNO/c16-11-6-7-13-12(8-11)15(18)9-14(17-13)10-4-2-1-3-5-10/h1-8H,9H2. The van der Waals surface area contributed by atoms with E-state index in [9.17, 15) is 4.79 Å². The van der Waals surface area contributed by atoms with Crippen LogP contribution in [0.3, 0.4) is 0 Å². The molecular weight excluding hydrogens is 246 g/mol. The average Bonchev–Trinajstić information content (AvgIpc) is 2.40. The Morgan fingerprint density at radius 3 is 2.61 bits per heavy atom. The predicted octanol–water partition coefficient (Wildman–Crippen LogP) is 4.05. The molecule has 0 amide bonds. The molecule has 18 heavy (non-hydrogen) atoms. The number of aliphatic imine (C=N–C) groups is 1. The first kappa shape index (κ1) is 11.2. The molecule has 3 rings (SSSR count). The van der Waals surface area contributed by atoms with Crippen molar-refractivity contribution in [3.63, 3.8) is 0 Å². The van der Waals surface area contributed by atoms with Gasteiger partial charge >= 0.3 is 0 Å². The number of hydrogen-bond acceptors (Lipinski definition) is 2. The molecule has 0 saturated carbocycles. The highest BCUT2D eigenvalue weighted by Gasteiger charge is 2.20. The second-order valence-electron chi connectivity index (χ2n) is 4.19. The highest BCUT2D eigenvalue weighted by Crippen LogP contribution is 2.29. The molecule has 0 fully saturated rings. The smallest absolute Gasteiger partial charge is 0.171 e. The van der Waals surface area contributed by atoms with E-state index in [4.69, 9.17) is 11.6 Å². The lowest BCUT2D eigenvalue weighted by Crippen LogP contribution is -2.14.